The van der Waals surface area contributed by atoms with Gasteiger partial charge < -0.3 is 10.5 Å². The molecule has 1 aromatic carbocycles. The van der Waals surface area contributed by atoms with E-state index in [4.69, 9.17) is 20.4 Å². The Kier molecular flexibility index (Phi) is 7.14. The molecule has 7 heteroatoms. The second-order valence-corrected chi connectivity index (χ2v) is 9.97. The van der Waals surface area contributed by atoms with Crippen molar-refractivity contribution in [2.24, 2.45) is 5.73 Å². The van der Waals surface area contributed by atoms with E-state index in [1.54, 1.807) is 4.57 Å². The van der Waals surface area contributed by atoms with Crippen LogP contribution in [0.15, 0.2) is 54.2 Å². The minimum atomic E-state index is -0.605. The third-order valence-electron chi connectivity index (χ3n) is 6.15. The minimum Gasteiger partial charge on any atom is -0.443 e. The molecule has 0 amide bonds. The Balaban J connectivity index is 1.75. The summed E-state index contributed by atoms with van der Waals surface area (Å²) in [6.45, 7) is 9.37. The van der Waals surface area contributed by atoms with Crippen molar-refractivity contribution >= 4 is 17.1 Å². The fraction of sp³-hybridized carbons (Fsp3) is 0.444. The molecule has 7 nitrogen and oxygen atoms in total. The van der Waals surface area contributed by atoms with Crippen LogP contribution in [0.1, 0.15) is 63.7 Å². The highest BCUT2D eigenvalue weighted by Gasteiger charge is 2.30. The summed E-state index contributed by atoms with van der Waals surface area (Å²) in [5, 5.41) is 0. The summed E-state index contributed by atoms with van der Waals surface area (Å²) < 4.78 is 7.37. The van der Waals surface area contributed by atoms with E-state index in [2.05, 4.69) is 17.0 Å². The number of carbonyl (C=O) groups is 1. The number of carbonyl (C=O) groups excluding carboxylic acids is 1. The van der Waals surface area contributed by atoms with Crippen LogP contribution in [0, 0.1) is 0 Å². The van der Waals surface area contributed by atoms with Crippen molar-refractivity contribution in [1.82, 2.24) is 19.4 Å². The highest BCUT2D eigenvalue weighted by atomic mass is 16.6. The number of rotatable bonds is 6. The molecule has 1 aliphatic rings. The molecule has 1 aliphatic carbocycles. The maximum absolute atomic E-state index is 13.3. The zero-order chi connectivity index (χ0) is 24.3. The number of nitrogens with two attached hydrogens (primary N) is 1. The molecule has 1 atom stereocenters. The average molecular weight is 462 g/mol. The van der Waals surface area contributed by atoms with Crippen molar-refractivity contribution in [1.29, 1.82) is 0 Å². The van der Waals surface area contributed by atoms with Gasteiger partial charge in [0, 0.05) is 19.3 Å². The van der Waals surface area contributed by atoms with Crippen LogP contribution in [-0.4, -0.2) is 44.2 Å². The van der Waals surface area contributed by atoms with Crippen LogP contribution in [0.25, 0.3) is 11.0 Å². The number of nitrogens with zero attached hydrogens (tertiary/aromatic N) is 4. The smallest absolute Gasteiger partial charge is 0.420 e. The van der Waals surface area contributed by atoms with E-state index in [0.717, 1.165) is 41.6 Å². The minimum absolute atomic E-state index is 0.138. The normalized spacial score (nSPS) is 16.6. The lowest BCUT2D eigenvalue weighted by molar-refractivity contribution is 0.0532. The Bertz CT molecular complexity index is 1190. The zero-order valence-corrected chi connectivity index (χ0v) is 20.6. The van der Waals surface area contributed by atoms with Gasteiger partial charge in [0.25, 0.3) is 0 Å². The maximum atomic E-state index is 13.3. The second kappa shape index (κ2) is 10.1. The van der Waals surface area contributed by atoms with E-state index in [9.17, 15) is 4.79 Å². The van der Waals surface area contributed by atoms with E-state index in [-0.39, 0.29) is 6.04 Å². The van der Waals surface area contributed by atoms with E-state index in [1.807, 2.05) is 64.2 Å². The number of hydrogen-bond donors (Lipinski definition) is 1. The summed E-state index contributed by atoms with van der Waals surface area (Å²) in [4.78, 5) is 25.2. The third-order valence-corrected chi connectivity index (χ3v) is 6.15. The topological polar surface area (TPSA) is 86.3 Å². The molecule has 0 spiro atoms. The van der Waals surface area contributed by atoms with Crippen molar-refractivity contribution in [2.75, 3.05) is 13.1 Å². The van der Waals surface area contributed by atoms with Crippen LogP contribution in [0.4, 0.5) is 4.79 Å². The molecule has 0 saturated carbocycles. The maximum Gasteiger partial charge on any atom is 0.420 e. The molecule has 4 rings (SSSR count). The number of benzene rings is 1. The Hall–Kier alpha value is -3.03. The van der Waals surface area contributed by atoms with Gasteiger partial charge in [-0.25, -0.2) is 14.3 Å². The molecule has 2 N–H and O–H groups in total. The molecule has 1 unspecified atom stereocenters. The Morgan fingerprint density at radius 2 is 2.06 bits per heavy atom. The molecular formula is C27H35N5O2. The van der Waals surface area contributed by atoms with Gasteiger partial charge in [0.15, 0.2) is 0 Å². The van der Waals surface area contributed by atoms with E-state index >= 15 is 0 Å². The van der Waals surface area contributed by atoms with Gasteiger partial charge in [-0.3, -0.25) is 9.88 Å². The number of hydrogen-bond acceptors (Lipinski definition) is 6. The van der Waals surface area contributed by atoms with Crippen LogP contribution in [0.3, 0.4) is 0 Å². The number of ether oxygens (including phenoxy) is 1. The summed E-state index contributed by atoms with van der Waals surface area (Å²) in [5.41, 5.74) is 10.3. The first-order valence-electron chi connectivity index (χ1n) is 12.0. The lowest BCUT2D eigenvalue weighted by atomic mass is 9.90. The first-order valence-corrected chi connectivity index (χ1v) is 12.0. The van der Waals surface area contributed by atoms with Gasteiger partial charge in [-0.1, -0.05) is 29.8 Å². The third kappa shape index (κ3) is 5.37. The molecule has 0 aliphatic heterocycles. The lowest BCUT2D eigenvalue weighted by Gasteiger charge is -2.34. The van der Waals surface area contributed by atoms with Gasteiger partial charge in [-0.15, -0.1) is 0 Å². The van der Waals surface area contributed by atoms with Crippen LogP contribution in [0.2, 0.25) is 0 Å². The first-order chi connectivity index (χ1) is 16.3. The fourth-order valence-corrected chi connectivity index (χ4v) is 4.47. The Labute approximate surface area is 201 Å². The summed E-state index contributed by atoms with van der Waals surface area (Å²) >= 11 is 0. The number of imidazole rings is 1. The van der Waals surface area contributed by atoms with Crippen molar-refractivity contribution in [3.05, 3.63) is 71.3 Å². The molecular weight excluding hydrogens is 426 g/mol. The fourth-order valence-electron chi connectivity index (χ4n) is 4.47. The largest absolute Gasteiger partial charge is 0.443 e. The molecule has 0 bridgehead atoms. The zero-order valence-electron chi connectivity index (χ0n) is 20.6. The van der Waals surface area contributed by atoms with Crippen molar-refractivity contribution in [3.63, 3.8) is 0 Å². The molecule has 34 heavy (non-hydrogen) atoms. The van der Waals surface area contributed by atoms with Gasteiger partial charge in [-0.05, 0) is 70.7 Å². The molecule has 0 radical (unpaired) electrons. The summed E-state index contributed by atoms with van der Waals surface area (Å²) in [6.07, 6.45) is 6.77. The van der Waals surface area contributed by atoms with E-state index in [1.165, 1.54) is 5.56 Å². The SMILES string of the molecule is CC(=CCN(Cc1nc2ccccc2n1C(=O)OC(C)(C)C)C1CCCc2cccnc21)CN. The van der Waals surface area contributed by atoms with Gasteiger partial charge in [0.1, 0.15) is 11.4 Å². The van der Waals surface area contributed by atoms with Gasteiger partial charge in [0.2, 0.25) is 0 Å². The van der Waals surface area contributed by atoms with Gasteiger partial charge in [-0.2, -0.15) is 0 Å². The number of pyridine rings is 1. The van der Waals surface area contributed by atoms with Gasteiger partial charge in [0.05, 0.1) is 29.3 Å². The summed E-state index contributed by atoms with van der Waals surface area (Å²) in [5.74, 6) is 0.664. The van der Waals surface area contributed by atoms with Crippen molar-refractivity contribution < 1.29 is 9.53 Å². The number of fused-ring (bicyclic) bond motifs is 2. The van der Waals surface area contributed by atoms with Crippen molar-refractivity contribution in [2.45, 2.75) is 65.1 Å². The number of para-hydroxylation sites is 2. The summed E-state index contributed by atoms with van der Waals surface area (Å²) in [6, 6.07) is 12.0. The van der Waals surface area contributed by atoms with E-state index < -0.39 is 11.7 Å². The lowest BCUT2D eigenvalue weighted by Crippen LogP contribution is -2.34. The molecule has 2 heterocycles. The Morgan fingerprint density at radius 3 is 2.82 bits per heavy atom. The molecule has 3 aromatic rings. The van der Waals surface area contributed by atoms with Gasteiger partial charge >= 0.3 is 6.09 Å². The standard InChI is InChI=1S/C27H35N5O2/c1-19(17-28)14-16-31(23-13-7-9-20-10-8-15-29-25(20)23)18-24-30-21-11-5-6-12-22(21)32(24)26(33)34-27(2,3)4/h5-6,8,10-12,14-15,23H,7,9,13,16-18,28H2,1-4H3. The monoisotopic (exact) mass is 461 g/mol. The predicted octanol–water partition coefficient (Wildman–Crippen LogP) is 5.00. The highest BCUT2D eigenvalue weighted by molar-refractivity contribution is 5.87. The molecule has 0 saturated heterocycles. The first kappa shape index (κ1) is 24.1. The second-order valence-electron chi connectivity index (χ2n) is 9.97. The van der Waals surface area contributed by atoms with Crippen LogP contribution < -0.4 is 5.73 Å². The van der Waals surface area contributed by atoms with Crippen LogP contribution in [-0.2, 0) is 17.7 Å². The van der Waals surface area contributed by atoms with E-state index in [0.29, 0.717) is 25.5 Å². The average Bonchev–Trinajstić information content (AvgIpc) is 3.18. The highest BCUT2D eigenvalue weighted by Crippen LogP contribution is 2.34. The summed E-state index contributed by atoms with van der Waals surface area (Å²) in [7, 11) is 0. The van der Waals surface area contributed by atoms with Crippen molar-refractivity contribution in [3.8, 4) is 0 Å². The van der Waals surface area contributed by atoms with Crippen LogP contribution in [0.5, 0.6) is 0 Å². The van der Waals surface area contributed by atoms with Crippen LogP contribution >= 0.6 is 0 Å². The quantitative estimate of drug-likeness (QED) is 0.520. The number of aryl methyl sites for hydroxylation is 1. The Morgan fingerprint density at radius 1 is 1.26 bits per heavy atom. The predicted molar refractivity (Wildman–Crippen MR) is 135 cm³/mol. The molecule has 180 valence electrons. The number of aromatic nitrogens is 3. The molecule has 2 aromatic heterocycles. The molecule has 0 fully saturated rings.